The van der Waals surface area contributed by atoms with Gasteiger partial charge in [-0.15, -0.1) is 11.3 Å². The lowest BCUT2D eigenvalue weighted by molar-refractivity contribution is -0.143. The second kappa shape index (κ2) is 11.9. The van der Waals surface area contributed by atoms with Crippen LogP contribution in [0.15, 0.2) is 58.8 Å². The monoisotopic (exact) mass is 644 g/mol. The minimum absolute atomic E-state index is 0.0458. The summed E-state index contributed by atoms with van der Waals surface area (Å²) in [7, 11) is 0. The van der Waals surface area contributed by atoms with E-state index in [1.807, 2.05) is 0 Å². The van der Waals surface area contributed by atoms with E-state index >= 15 is 0 Å². The molecule has 1 fully saturated rings. The number of thioether (sulfide) groups is 1. The molecule has 1 unspecified atom stereocenters. The van der Waals surface area contributed by atoms with Gasteiger partial charge in [0.1, 0.15) is 4.32 Å². The quantitative estimate of drug-likeness (QED) is 0.155. The fourth-order valence-corrected chi connectivity index (χ4v) is 6.33. The summed E-state index contributed by atoms with van der Waals surface area (Å²) in [6.45, 7) is 1.61. The Balaban J connectivity index is 1.48. The maximum atomic E-state index is 13.3. The molecule has 1 aliphatic heterocycles. The predicted molar refractivity (Wildman–Crippen MR) is 151 cm³/mol. The summed E-state index contributed by atoms with van der Waals surface area (Å²) in [6, 6.07) is 7.53. The van der Waals surface area contributed by atoms with Crippen molar-refractivity contribution in [2.75, 3.05) is 5.32 Å². The Morgan fingerprint density at radius 3 is 2.14 bits per heavy atom. The Bertz CT molecular complexity index is 1560. The number of aromatic carboxylic acids is 1. The number of carboxylic acid groups (broad SMARTS) is 1. The lowest BCUT2D eigenvalue weighted by atomic mass is 10.0. The summed E-state index contributed by atoms with van der Waals surface area (Å²) in [5.41, 5.74) is -2.63. The number of alkyl halides is 6. The van der Waals surface area contributed by atoms with Crippen LogP contribution in [0.5, 0.6) is 0 Å². The third-order valence-electron chi connectivity index (χ3n) is 5.97. The van der Waals surface area contributed by atoms with Crippen LogP contribution in [0, 0.1) is 0 Å². The molecule has 2 aromatic carbocycles. The van der Waals surface area contributed by atoms with Gasteiger partial charge in [0, 0.05) is 23.0 Å². The van der Waals surface area contributed by atoms with E-state index < -0.39 is 47.3 Å². The number of carbonyl (C=O) groups excluding carboxylic acids is 2. The van der Waals surface area contributed by atoms with Crippen LogP contribution < -0.4 is 5.32 Å². The number of halogens is 6. The summed E-state index contributed by atoms with van der Waals surface area (Å²) in [5, 5.41) is 13.0. The minimum atomic E-state index is -4.98. The Kier molecular flexibility index (Phi) is 8.85. The van der Waals surface area contributed by atoms with Crippen molar-refractivity contribution in [2.24, 2.45) is 0 Å². The van der Waals surface area contributed by atoms with Gasteiger partial charge < -0.3 is 10.4 Å². The standard InChI is InChI=1S/C27H18F6N2O4S3/c1-13(6-22(36)34-19-4-2-14(3-5-19)24(38)39)35-23(37)21(42-25(35)40)11-20-9-16(12-41-20)15-7-17(26(28,29)30)10-18(8-15)27(31,32)33/h2-5,7-13H,6H2,1H3,(H,34,36)(H,38,39)/b21-11-. The molecule has 1 atom stereocenters. The van der Waals surface area contributed by atoms with Crippen LogP contribution in [-0.2, 0) is 21.9 Å². The number of nitrogens with one attached hydrogen (secondary N) is 1. The van der Waals surface area contributed by atoms with E-state index in [0.717, 1.165) is 23.1 Å². The third kappa shape index (κ3) is 7.20. The topological polar surface area (TPSA) is 86.7 Å². The molecule has 0 bridgehead atoms. The maximum absolute atomic E-state index is 13.3. The van der Waals surface area contributed by atoms with Crippen LogP contribution in [0.2, 0.25) is 0 Å². The highest BCUT2D eigenvalue weighted by atomic mass is 32.2. The van der Waals surface area contributed by atoms with Gasteiger partial charge in [0.15, 0.2) is 0 Å². The first kappa shape index (κ1) is 31.3. The molecular weight excluding hydrogens is 626 g/mol. The molecule has 0 spiro atoms. The molecule has 0 saturated carbocycles. The molecule has 3 aromatic rings. The lowest BCUT2D eigenvalue weighted by Gasteiger charge is -2.22. The zero-order chi connectivity index (χ0) is 31.0. The first-order chi connectivity index (χ1) is 19.5. The van der Waals surface area contributed by atoms with Crippen LogP contribution >= 0.6 is 35.3 Å². The van der Waals surface area contributed by atoms with Crippen LogP contribution in [0.4, 0.5) is 32.0 Å². The Morgan fingerprint density at radius 1 is 1.00 bits per heavy atom. The third-order valence-corrected chi connectivity index (χ3v) is 8.18. The molecule has 0 radical (unpaired) electrons. The van der Waals surface area contributed by atoms with E-state index in [2.05, 4.69) is 5.32 Å². The van der Waals surface area contributed by atoms with Gasteiger partial charge in [-0.25, -0.2) is 4.79 Å². The van der Waals surface area contributed by atoms with E-state index in [0.29, 0.717) is 22.7 Å². The SMILES string of the molecule is CC(CC(=O)Nc1ccc(C(=O)O)cc1)N1C(=O)/C(=C/c2cc(-c3cc(C(F)(F)F)cc(C(F)(F)F)c3)cs2)SC1=S. The average Bonchev–Trinajstić information content (AvgIpc) is 3.46. The van der Waals surface area contributed by atoms with Crippen molar-refractivity contribution >= 4 is 69.2 Å². The van der Waals surface area contributed by atoms with Crippen molar-refractivity contribution in [2.45, 2.75) is 31.7 Å². The molecular formula is C27H18F6N2O4S3. The maximum Gasteiger partial charge on any atom is 0.416 e. The Hall–Kier alpha value is -3.69. The second-order valence-corrected chi connectivity index (χ2v) is 11.7. The van der Waals surface area contributed by atoms with Gasteiger partial charge in [-0.2, -0.15) is 26.3 Å². The van der Waals surface area contributed by atoms with Gasteiger partial charge in [0.05, 0.1) is 21.6 Å². The van der Waals surface area contributed by atoms with Crippen LogP contribution in [0.3, 0.4) is 0 Å². The van der Waals surface area contributed by atoms with Crippen molar-refractivity contribution < 1.29 is 45.8 Å². The van der Waals surface area contributed by atoms with Crippen molar-refractivity contribution in [1.82, 2.24) is 4.90 Å². The number of hydrogen-bond donors (Lipinski definition) is 2. The minimum Gasteiger partial charge on any atom is -0.478 e. The fourth-order valence-electron chi connectivity index (χ4n) is 3.96. The van der Waals surface area contributed by atoms with E-state index in [9.17, 15) is 40.7 Å². The highest BCUT2D eigenvalue weighted by Crippen LogP contribution is 2.40. The number of thiophene rings is 1. The van der Waals surface area contributed by atoms with Crippen LogP contribution in [0.25, 0.3) is 17.2 Å². The van der Waals surface area contributed by atoms with Gasteiger partial charge in [-0.3, -0.25) is 14.5 Å². The number of amides is 2. The van der Waals surface area contributed by atoms with Crippen LogP contribution in [0.1, 0.15) is 39.7 Å². The van der Waals surface area contributed by atoms with Crippen molar-refractivity contribution in [3.8, 4) is 11.1 Å². The molecule has 15 heteroatoms. The van der Waals surface area contributed by atoms with Gasteiger partial charge in [-0.05, 0) is 78.0 Å². The molecule has 6 nitrogen and oxygen atoms in total. The number of benzene rings is 2. The lowest BCUT2D eigenvalue weighted by Crippen LogP contribution is -2.38. The Labute approximate surface area is 248 Å². The average molecular weight is 645 g/mol. The van der Waals surface area contributed by atoms with Crippen molar-refractivity contribution in [3.05, 3.63) is 80.4 Å². The zero-order valence-corrected chi connectivity index (χ0v) is 23.6. The van der Waals surface area contributed by atoms with Gasteiger partial charge in [0.25, 0.3) is 5.91 Å². The molecule has 2 amide bonds. The molecule has 0 aliphatic carbocycles. The fraction of sp³-hybridized carbons (Fsp3) is 0.185. The summed E-state index contributed by atoms with van der Waals surface area (Å²) < 4.78 is 79.7. The number of carboxylic acids is 1. The van der Waals surface area contributed by atoms with E-state index in [1.54, 1.807) is 6.92 Å². The van der Waals surface area contributed by atoms with E-state index in [4.69, 9.17) is 17.3 Å². The number of nitrogens with zero attached hydrogens (tertiary/aromatic N) is 1. The summed E-state index contributed by atoms with van der Waals surface area (Å²) >= 11 is 7.28. The van der Waals surface area contributed by atoms with Gasteiger partial charge in [0.2, 0.25) is 5.91 Å². The van der Waals surface area contributed by atoms with Crippen molar-refractivity contribution in [3.63, 3.8) is 0 Å². The largest absolute Gasteiger partial charge is 0.478 e. The highest BCUT2D eigenvalue weighted by Gasteiger charge is 2.38. The van der Waals surface area contributed by atoms with E-state index in [1.165, 1.54) is 46.7 Å². The smallest absolute Gasteiger partial charge is 0.416 e. The Morgan fingerprint density at radius 2 is 1.60 bits per heavy atom. The van der Waals surface area contributed by atoms with Gasteiger partial charge >= 0.3 is 18.3 Å². The zero-order valence-electron chi connectivity index (χ0n) is 21.2. The van der Waals surface area contributed by atoms with Gasteiger partial charge in [-0.1, -0.05) is 24.0 Å². The molecule has 1 aromatic heterocycles. The van der Waals surface area contributed by atoms with E-state index in [-0.39, 0.29) is 38.4 Å². The van der Waals surface area contributed by atoms with Crippen molar-refractivity contribution in [1.29, 1.82) is 0 Å². The first-order valence-electron chi connectivity index (χ1n) is 11.8. The number of thiocarbonyl (C=S) groups is 1. The number of anilines is 1. The highest BCUT2D eigenvalue weighted by molar-refractivity contribution is 8.26. The molecule has 220 valence electrons. The number of hydrogen-bond acceptors (Lipinski definition) is 6. The molecule has 1 aliphatic rings. The predicted octanol–water partition coefficient (Wildman–Crippen LogP) is 7.77. The molecule has 4 rings (SSSR count). The normalized spacial score (nSPS) is 15.8. The number of carbonyl (C=O) groups is 3. The second-order valence-electron chi connectivity index (χ2n) is 9.07. The summed E-state index contributed by atoms with van der Waals surface area (Å²) in [6.07, 6.45) is -8.67. The molecule has 2 N–H and O–H groups in total. The van der Waals surface area contributed by atoms with Crippen LogP contribution in [-0.4, -0.2) is 38.2 Å². The number of rotatable bonds is 7. The summed E-state index contributed by atoms with van der Waals surface area (Å²) in [5.74, 6) is -2.08. The molecule has 2 heterocycles. The summed E-state index contributed by atoms with van der Waals surface area (Å²) in [4.78, 5) is 38.4. The molecule has 42 heavy (non-hydrogen) atoms. The first-order valence-corrected chi connectivity index (χ1v) is 13.9. The molecule has 1 saturated heterocycles.